The highest BCUT2D eigenvalue weighted by atomic mass is 16.2. The first-order chi connectivity index (χ1) is 13.6. The minimum absolute atomic E-state index is 0.0610. The Labute approximate surface area is 166 Å². The summed E-state index contributed by atoms with van der Waals surface area (Å²) >= 11 is 0. The van der Waals surface area contributed by atoms with Crippen molar-refractivity contribution in [3.8, 4) is 0 Å². The molecule has 1 aromatic carbocycles. The molecule has 0 unspecified atom stereocenters. The van der Waals surface area contributed by atoms with Gasteiger partial charge >= 0.3 is 0 Å². The quantitative estimate of drug-likeness (QED) is 0.773. The summed E-state index contributed by atoms with van der Waals surface area (Å²) < 4.78 is 0. The lowest BCUT2D eigenvalue weighted by Crippen LogP contribution is -2.48. The minimum atomic E-state index is -0.103. The number of nitrogens with zero attached hydrogens (tertiary/aromatic N) is 4. The van der Waals surface area contributed by atoms with Crippen LogP contribution in [0.2, 0.25) is 0 Å². The Kier molecular flexibility index (Phi) is 6.76. The van der Waals surface area contributed by atoms with Crippen LogP contribution in [0.5, 0.6) is 0 Å². The normalized spacial score (nSPS) is 14.7. The molecule has 0 saturated carbocycles. The van der Waals surface area contributed by atoms with Gasteiger partial charge in [0.25, 0.3) is 11.8 Å². The number of piperazine rings is 1. The minimum Gasteiger partial charge on any atom is -0.339 e. The highest BCUT2D eigenvalue weighted by Gasteiger charge is 2.24. The molecule has 6 heteroatoms. The van der Waals surface area contributed by atoms with Crippen LogP contribution in [0.25, 0.3) is 0 Å². The summed E-state index contributed by atoms with van der Waals surface area (Å²) in [6, 6.07) is 13.7. The monoisotopic (exact) mass is 380 g/mol. The molecule has 1 aliphatic rings. The van der Waals surface area contributed by atoms with Crippen molar-refractivity contribution in [1.82, 2.24) is 19.7 Å². The van der Waals surface area contributed by atoms with Crippen LogP contribution in [0.1, 0.15) is 40.3 Å². The summed E-state index contributed by atoms with van der Waals surface area (Å²) in [6.45, 7) is 9.08. The number of carbonyl (C=O) groups excluding carboxylic acids is 2. The zero-order valence-electron chi connectivity index (χ0n) is 16.7. The van der Waals surface area contributed by atoms with Crippen LogP contribution < -0.4 is 0 Å². The van der Waals surface area contributed by atoms with Crippen molar-refractivity contribution in [3.63, 3.8) is 0 Å². The number of benzene rings is 1. The molecule has 1 aromatic heterocycles. The summed E-state index contributed by atoms with van der Waals surface area (Å²) in [5.74, 6) is -0.164. The van der Waals surface area contributed by atoms with E-state index < -0.39 is 0 Å². The fourth-order valence-corrected chi connectivity index (χ4v) is 3.49. The average molecular weight is 380 g/mol. The van der Waals surface area contributed by atoms with Gasteiger partial charge in [0.2, 0.25) is 0 Å². The van der Waals surface area contributed by atoms with Gasteiger partial charge in [-0.25, -0.2) is 0 Å². The molecule has 2 aromatic rings. The van der Waals surface area contributed by atoms with E-state index in [1.165, 1.54) is 5.56 Å². The molecule has 0 bridgehead atoms. The van der Waals surface area contributed by atoms with Crippen LogP contribution in [0.15, 0.2) is 48.7 Å². The molecule has 0 spiro atoms. The van der Waals surface area contributed by atoms with Gasteiger partial charge in [0.05, 0.1) is 0 Å². The van der Waals surface area contributed by atoms with E-state index in [1.807, 2.05) is 36.9 Å². The van der Waals surface area contributed by atoms with E-state index in [-0.39, 0.29) is 11.8 Å². The van der Waals surface area contributed by atoms with Crippen molar-refractivity contribution >= 4 is 11.8 Å². The van der Waals surface area contributed by atoms with Gasteiger partial charge in [-0.15, -0.1) is 0 Å². The number of hydrogen-bond acceptors (Lipinski definition) is 4. The van der Waals surface area contributed by atoms with Crippen molar-refractivity contribution in [2.45, 2.75) is 20.4 Å². The van der Waals surface area contributed by atoms with E-state index in [9.17, 15) is 9.59 Å². The third-order valence-corrected chi connectivity index (χ3v) is 5.19. The SMILES string of the molecule is CCN(CC)C(=O)c1ccnc(C(=O)N2CCN(Cc3ccccc3)CC2)c1. The summed E-state index contributed by atoms with van der Waals surface area (Å²) in [5.41, 5.74) is 2.14. The standard InChI is InChI=1S/C22H28N4O2/c1-3-25(4-2)21(27)19-10-11-23-20(16-19)22(28)26-14-12-24(13-15-26)17-18-8-6-5-7-9-18/h5-11,16H,3-4,12-15,17H2,1-2H3. The first kappa shape index (κ1) is 20.0. The third kappa shape index (κ3) is 4.75. The molecule has 2 heterocycles. The Morgan fingerprint density at radius 1 is 1.00 bits per heavy atom. The van der Waals surface area contributed by atoms with E-state index in [0.29, 0.717) is 37.4 Å². The lowest BCUT2D eigenvalue weighted by molar-refractivity contribution is 0.0622. The first-order valence-corrected chi connectivity index (χ1v) is 9.93. The van der Waals surface area contributed by atoms with E-state index in [2.05, 4.69) is 22.0 Å². The molecule has 1 saturated heterocycles. The molecule has 0 atom stereocenters. The second kappa shape index (κ2) is 9.46. The number of rotatable bonds is 6. The zero-order chi connectivity index (χ0) is 19.9. The van der Waals surface area contributed by atoms with Crippen LogP contribution in [-0.4, -0.2) is 70.8 Å². The second-order valence-electron chi connectivity index (χ2n) is 6.96. The van der Waals surface area contributed by atoms with E-state index >= 15 is 0 Å². The number of amides is 2. The molecule has 148 valence electrons. The van der Waals surface area contributed by atoms with Crippen LogP contribution in [-0.2, 0) is 6.54 Å². The Morgan fingerprint density at radius 3 is 2.32 bits per heavy atom. The fourth-order valence-electron chi connectivity index (χ4n) is 3.49. The van der Waals surface area contributed by atoms with Crippen LogP contribution in [0.3, 0.4) is 0 Å². The van der Waals surface area contributed by atoms with Crippen LogP contribution in [0.4, 0.5) is 0 Å². The van der Waals surface area contributed by atoms with Crippen molar-refractivity contribution in [1.29, 1.82) is 0 Å². The molecule has 6 nitrogen and oxygen atoms in total. The lowest BCUT2D eigenvalue weighted by Gasteiger charge is -2.34. The Bertz CT molecular complexity index is 797. The van der Waals surface area contributed by atoms with Crippen molar-refractivity contribution in [2.75, 3.05) is 39.3 Å². The average Bonchev–Trinajstić information content (AvgIpc) is 2.75. The van der Waals surface area contributed by atoms with Gasteiger partial charge in [0, 0.05) is 57.6 Å². The summed E-state index contributed by atoms with van der Waals surface area (Å²) in [7, 11) is 0. The Balaban J connectivity index is 1.61. The van der Waals surface area contributed by atoms with Gasteiger partial charge in [-0.05, 0) is 31.5 Å². The lowest BCUT2D eigenvalue weighted by atomic mass is 10.1. The van der Waals surface area contributed by atoms with E-state index in [1.54, 1.807) is 23.2 Å². The molecular weight excluding hydrogens is 352 g/mol. The molecule has 1 aliphatic heterocycles. The topological polar surface area (TPSA) is 56.8 Å². The first-order valence-electron chi connectivity index (χ1n) is 9.93. The Morgan fingerprint density at radius 2 is 1.68 bits per heavy atom. The molecule has 0 aliphatic carbocycles. The molecule has 0 N–H and O–H groups in total. The van der Waals surface area contributed by atoms with Crippen molar-refractivity contribution < 1.29 is 9.59 Å². The molecule has 3 rings (SSSR count). The van der Waals surface area contributed by atoms with Gasteiger partial charge in [-0.2, -0.15) is 0 Å². The molecular formula is C22H28N4O2. The van der Waals surface area contributed by atoms with Gasteiger partial charge in [0.15, 0.2) is 0 Å². The van der Waals surface area contributed by atoms with E-state index in [0.717, 1.165) is 19.6 Å². The third-order valence-electron chi connectivity index (χ3n) is 5.19. The summed E-state index contributed by atoms with van der Waals surface area (Å²) in [4.78, 5) is 35.6. The van der Waals surface area contributed by atoms with Crippen LogP contribution >= 0.6 is 0 Å². The Hall–Kier alpha value is -2.73. The van der Waals surface area contributed by atoms with Gasteiger partial charge in [-0.3, -0.25) is 19.5 Å². The predicted octanol–water partition coefficient (Wildman–Crippen LogP) is 2.52. The fraction of sp³-hybridized carbons (Fsp3) is 0.409. The van der Waals surface area contributed by atoms with Crippen LogP contribution in [0, 0.1) is 0 Å². The molecule has 1 fully saturated rings. The largest absolute Gasteiger partial charge is 0.339 e. The number of carbonyl (C=O) groups is 2. The van der Waals surface area contributed by atoms with Gasteiger partial charge in [0.1, 0.15) is 5.69 Å². The highest BCUT2D eigenvalue weighted by Crippen LogP contribution is 2.13. The maximum absolute atomic E-state index is 12.9. The second-order valence-corrected chi connectivity index (χ2v) is 6.96. The smallest absolute Gasteiger partial charge is 0.272 e. The maximum atomic E-state index is 12.9. The van der Waals surface area contributed by atoms with Gasteiger partial charge < -0.3 is 9.80 Å². The van der Waals surface area contributed by atoms with Gasteiger partial charge in [-0.1, -0.05) is 30.3 Å². The maximum Gasteiger partial charge on any atom is 0.272 e. The predicted molar refractivity (Wildman–Crippen MR) is 109 cm³/mol. The van der Waals surface area contributed by atoms with E-state index in [4.69, 9.17) is 0 Å². The number of aromatic nitrogens is 1. The van der Waals surface area contributed by atoms with Crippen molar-refractivity contribution in [3.05, 3.63) is 65.5 Å². The number of hydrogen-bond donors (Lipinski definition) is 0. The summed E-state index contributed by atoms with van der Waals surface area (Å²) in [6.07, 6.45) is 1.55. The number of pyridine rings is 1. The highest BCUT2D eigenvalue weighted by molar-refractivity contribution is 5.98. The molecule has 0 radical (unpaired) electrons. The molecule has 28 heavy (non-hydrogen) atoms. The van der Waals surface area contributed by atoms with Crippen molar-refractivity contribution in [2.24, 2.45) is 0 Å². The summed E-state index contributed by atoms with van der Waals surface area (Å²) in [5, 5.41) is 0. The molecule has 2 amide bonds. The zero-order valence-corrected chi connectivity index (χ0v) is 16.7.